The summed E-state index contributed by atoms with van der Waals surface area (Å²) in [5, 5.41) is 7.38. The summed E-state index contributed by atoms with van der Waals surface area (Å²) in [6, 6.07) is 13.3. The number of hydrogen-bond donors (Lipinski definition) is 1. The van der Waals surface area contributed by atoms with E-state index in [-0.39, 0.29) is 5.91 Å². The molecule has 0 aliphatic carbocycles. The molecule has 1 amide bonds. The molecule has 3 heterocycles. The zero-order valence-electron chi connectivity index (χ0n) is 14.2. The van der Waals surface area contributed by atoms with Gasteiger partial charge in [-0.1, -0.05) is 12.1 Å². The fourth-order valence-electron chi connectivity index (χ4n) is 3.11. The molecule has 6 nitrogen and oxygen atoms in total. The third-order valence-corrected chi connectivity index (χ3v) is 4.41. The van der Waals surface area contributed by atoms with Gasteiger partial charge in [-0.2, -0.15) is 9.78 Å². The van der Waals surface area contributed by atoms with E-state index < -0.39 is 0 Å². The van der Waals surface area contributed by atoms with Crippen molar-refractivity contribution in [3.63, 3.8) is 0 Å². The lowest BCUT2D eigenvalue weighted by molar-refractivity contribution is 0.102. The zero-order chi connectivity index (χ0) is 17.4. The molecule has 1 N–H and O–H groups in total. The second-order valence-corrected chi connectivity index (χ2v) is 6.24. The summed E-state index contributed by atoms with van der Waals surface area (Å²) >= 11 is 0. The molecule has 0 saturated heterocycles. The number of aryl methyl sites for hydroxylation is 1. The second kappa shape index (κ2) is 6.05. The Morgan fingerprint density at radius 3 is 2.88 bits per heavy atom. The number of nitrogens with one attached hydrogen (secondary N) is 1. The maximum atomic E-state index is 12.7. The van der Waals surface area contributed by atoms with Crippen LogP contribution in [0.1, 0.15) is 21.6 Å². The summed E-state index contributed by atoms with van der Waals surface area (Å²) in [5.74, 6) is 1.12. The van der Waals surface area contributed by atoms with Crippen LogP contribution in [-0.2, 0) is 6.42 Å². The normalized spacial score (nSPS) is 13.0. The number of anilines is 2. The van der Waals surface area contributed by atoms with E-state index in [0.29, 0.717) is 17.2 Å². The average Bonchev–Trinajstić information content (AvgIpc) is 3.18. The highest BCUT2D eigenvalue weighted by Crippen LogP contribution is 2.28. The lowest BCUT2D eigenvalue weighted by Gasteiger charge is -2.13. The van der Waals surface area contributed by atoms with Crippen molar-refractivity contribution < 1.29 is 4.79 Å². The number of fused-ring (bicyclic) bond motifs is 1. The Bertz CT molecular complexity index is 932. The van der Waals surface area contributed by atoms with Crippen LogP contribution < -0.4 is 10.2 Å². The van der Waals surface area contributed by atoms with Crippen molar-refractivity contribution in [1.82, 2.24) is 14.8 Å². The van der Waals surface area contributed by atoms with Gasteiger partial charge in [-0.25, -0.2) is 4.98 Å². The van der Waals surface area contributed by atoms with E-state index in [9.17, 15) is 4.79 Å². The Morgan fingerprint density at radius 2 is 2.08 bits per heavy atom. The number of carbonyl (C=O) groups excluding carboxylic acids is 1. The Kier molecular flexibility index (Phi) is 3.72. The van der Waals surface area contributed by atoms with E-state index >= 15 is 0 Å². The number of benzene rings is 1. The van der Waals surface area contributed by atoms with E-state index in [1.165, 1.54) is 5.56 Å². The van der Waals surface area contributed by atoms with Crippen LogP contribution in [-0.4, -0.2) is 34.3 Å². The Morgan fingerprint density at radius 1 is 1.20 bits per heavy atom. The van der Waals surface area contributed by atoms with E-state index in [1.807, 2.05) is 56.4 Å². The van der Waals surface area contributed by atoms with Crippen LogP contribution in [0.25, 0.3) is 5.82 Å². The largest absolute Gasteiger partial charge is 0.374 e. The standard InChI is InChI=1S/C19H19N5O/c1-13-11-18(24(22-13)17-5-3-4-9-20-17)21-19(25)15-7-6-14-8-10-23(2)16(14)12-15/h3-7,9,11-12H,8,10H2,1-2H3,(H,21,25). The van der Waals surface area contributed by atoms with Crippen LogP contribution in [0.4, 0.5) is 11.5 Å². The van der Waals surface area contributed by atoms with Crippen LogP contribution in [0.15, 0.2) is 48.7 Å². The summed E-state index contributed by atoms with van der Waals surface area (Å²) < 4.78 is 1.65. The van der Waals surface area contributed by atoms with Crippen LogP contribution >= 0.6 is 0 Å². The van der Waals surface area contributed by atoms with Crippen molar-refractivity contribution in [2.45, 2.75) is 13.3 Å². The molecule has 0 spiro atoms. The van der Waals surface area contributed by atoms with E-state index in [1.54, 1.807) is 10.9 Å². The minimum atomic E-state index is -0.153. The van der Waals surface area contributed by atoms with Gasteiger partial charge in [0.1, 0.15) is 5.82 Å². The minimum absolute atomic E-state index is 0.153. The van der Waals surface area contributed by atoms with Gasteiger partial charge in [0.15, 0.2) is 5.82 Å². The molecule has 0 unspecified atom stereocenters. The summed E-state index contributed by atoms with van der Waals surface area (Å²) in [5.41, 5.74) is 3.86. The van der Waals surface area contributed by atoms with E-state index in [2.05, 4.69) is 20.3 Å². The maximum Gasteiger partial charge on any atom is 0.256 e. The lowest BCUT2D eigenvalue weighted by Crippen LogP contribution is -2.17. The van der Waals surface area contributed by atoms with Crippen molar-refractivity contribution in [3.05, 3.63) is 65.5 Å². The summed E-state index contributed by atoms with van der Waals surface area (Å²) in [4.78, 5) is 19.2. The lowest BCUT2D eigenvalue weighted by atomic mass is 10.1. The number of aromatic nitrogens is 3. The molecule has 25 heavy (non-hydrogen) atoms. The van der Waals surface area contributed by atoms with Crippen LogP contribution in [0.5, 0.6) is 0 Å². The molecular formula is C19H19N5O. The van der Waals surface area contributed by atoms with Crippen molar-refractivity contribution in [1.29, 1.82) is 0 Å². The van der Waals surface area contributed by atoms with Gasteiger partial charge in [0.2, 0.25) is 0 Å². The van der Waals surface area contributed by atoms with Gasteiger partial charge in [-0.3, -0.25) is 4.79 Å². The van der Waals surface area contributed by atoms with Crippen LogP contribution in [0, 0.1) is 6.92 Å². The first kappa shape index (κ1) is 15.4. The Hall–Kier alpha value is -3.15. The molecule has 6 heteroatoms. The van der Waals surface area contributed by atoms with Crippen molar-refractivity contribution in [3.8, 4) is 5.82 Å². The second-order valence-electron chi connectivity index (χ2n) is 6.24. The van der Waals surface area contributed by atoms with Crippen LogP contribution in [0.3, 0.4) is 0 Å². The topological polar surface area (TPSA) is 63.1 Å². The SMILES string of the molecule is Cc1cc(NC(=O)c2ccc3c(c2)N(C)CC3)n(-c2ccccn2)n1. The smallest absolute Gasteiger partial charge is 0.256 e. The monoisotopic (exact) mass is 333 g/mol. The predicted molar refractivity (Wildman–Crippen MR) is 97.5 cm³/mol. The number of amides is 1. The highest BCUT2D eigenvalue weighted by molar-refractivity contribution is 6.04. The molecular weight excluding hydrogens is 314 g/mol. The quantitative estimate of drug-likeness (QED) is 0.800. The van der Waals surface area contributed by atoms with Gasteiger partial charge in [-0.15, -0.1) is 0 Å². The molecule has 2 aromatic heterocycles. The van der Waals surface area contributed by atoms with Crippen molar-refractivity contribution in [2.75, 3.05) is 23.8 Å². The zero-order valence-corrected chi connectivity index (χ0v) is 14.2. The van der Waals surface area contributed by atoms with Crippen molar-refractivity contribution >= 4 is 17.4 Å². The first-order chi connectivity index (χ1) is 12.1. The maximum absolute atomic E-state index is 12.7. The number of rotatable bonds is 3. The molecule has 0 atom stereocenters. The molecule has 1 aliphatic rings. The number of nitrogens with zero attached hydrogens (tertiary/aromatic N) is 4. The molecule has 3 aromatic rings. The third-order valence-electron chi connectivity index (χ3n) is 4.41. The third kappa shape index (κ3) is 2.87. The fourth-order valence-corrected chi connectivity index (χ4v) is 3.11. The molecule has 1 aromatic carbocycles. The highest BCUT2D eigenvalue weighted by atomic mass is 16.1. The Balaban J connectivity index is 1.63. The van der Waals surface area contributed by atoms with Crippen molar-refractivity contribution in [2.24, 2.45) is 0 Å². The average molecular weight is 333 g/mol. The van der Waals surface area contributed by atoms with Gasteiger partial charge >= 0.3 is 0 Å². The van der Waals surface area contributed by atoms with Gasteiger partial charge in [0, 0.05) is 37.1 Å². The van der Waals surface area contributed by atoms with Gasteiger partial charge in [0.25, 0.3) is 5.91 Å². The first-order valence-electron chi connectivity index (χ1n) is 8.25. The van der Waals surface area contributed by atoms with E-state index in [0.717, 1.165) is 24.3 Å². The summed E-state index contributed by atoms with van der Waals surface area (Å²) in [6.45, 7) is 2.88. The number of pyridine rings is 1. The number of hydrogen-bond acceptors (Lipinski definition) is 4. The van der Waals surface area contributed by atoms with Gasteiger partial charge < -0.3 is 10.2 Å². The molecule has 0 saturated carbocycles. The molecule has 4 rings (SSSR count). The number of carbonyl (C=O) groups is 1. The molecule has 0 radical (unpaired) electrons. The molecule has 1 aliphatic heterocycles. The first-order valence-corrected chi connectivity index (χ1v) is 8.25. The van der Waals surface area contributed by atoms with Gasteiger partial charge in [0.05, 0.1) is 5.69 Å². The van der Waals surface area contributed by atoms with E-state index in [4.69, 9.17) is 0 Å². The Labute approximate surface area is 146 Å². The van der Waals surface area contributed by atoms with Crippen LogP contribution in [0.2, 0.25) is 0 Å². The molecule has 126 valence electrons. The van der Waals surface area contributed by atoms with Gasteiger partial charge in [-0.05, 0) is 43.2 Å². The molecule has 0 fully saturated rings. The minimum Gasteiger partial charge on any atom is -0.374 e. The predicted octanol–water partition coefficient (Wildman–Crippen LogP) is 2.82. The fraction of sp³-hybridized carbons (Fsp3) is 0.211. The highest BCUT2D eigenvalue weighted by Gasteiger charge is 2.19. The summed E-state index contributed by atoms with van der Waals surface area (Å²) in [6.07, 6.45) is 2.73. The summed E-state index contributed by atoms with van der Waals surface area (Å²) in [7, 11) is 2.05. The number of likely N-dealkylation sites (N-methyl/N-ethyl adjacent to an activating group) is 1. The molecule has 0 bridgehead atoms.